The van der Waals surface area contributed by atoms with Crippen LogP contribution in [0.25, 0.3) is 0 Å². The topological polar surface area (TPSA) is 102 Å². The Morgan fingerprint density at radius 2 is 1.90 bits per heavy atom. The van der Waals surface area contributed by atoms with Crippen LogP contribution in [0.3, 0.4) is 0 Å². The Balaban J connectivity index is 2.46. The monoisotopic (exact) mass is 347 g/mol. The predicted molar refractivity (Wildman–Crippen MR) is 78.2 cm³/mol. The van der Waals surface area contributed by atoms with Crippen molar-refractivity contribution < 1.29 is 13.3 Å². The van der Waals surface area contributed by atoms with Crippen LogP contribution < -0.4 is 4.72 Å². The molecule has 0 spiro atoms. The first kappa shape index (κ1) is 15.5. The zero-order valence-electron chi connectivity index (χ0n) is 10.2. The van der Waals surface area contributed by atoms with Gasteiger partial charge in [-0.2, -0.15) is 0 Å². The molecule has 1 aromatic heterocycles. The lowest BCUT2D eigenvalue weighted by Gasteiger charge is -2.09. The molecule has 0 bridgehead atoms. The van der Waals surface area contributed by atoms with Crippen molar-refractivity contribution >= 4 is 44.6 Å². The van der Waals surface area contributed by atoms with E-state index in [1.54, 1.807) is 0 Å². The minimum Gasteiger partial charge on any atom is -0.276 e. The smallest absolute Gasteiger partial charge is 0.276 e. The molecule has 0 saturated carbocycles. The van der Waals surface area contributed by atoms with E-state index in [2.05, 4.69) is 9.71 Å². The van der Waals surface area contributed by atoms with Crippen molar-refractivity contribution in [2.75, 3.05) is 4.72 Å². The molecule has 0 saturated heterocycles. The van der Waals surface area contributed by atoms with Crippen LogP contribution in [-0.4, -0.2) is 18.3 Å². The lowest BCUT2D eigenvalue weighted by atomic mass is 10.3. The quantitative estimate of drug-likeness (QED) is 0.520. The van der Waals surface area contributed by atoms with E-state index in [0.717, 1.165) is 18.3 Å². The largest absolute Gasteiger partial charge is 0.289 e. The fraction of sp³-hybridized carbons (Fsp3) is 0. The van der Waals surface area contributed by atoms with E-state index in [4.69, 9.17) is 23.2 Å². The third-order valence-corrected chi connectivity index (χ3v) is 4.35. The first-order chi connectivity index (χ1) is 9.81. The molecule has 0 atom stereocenters. The summed E-state index contributed by atoms with van der Waals surface area (Å²) in [5, 5.41) is 11.0. The Hall–Kier alpha value is -1.90. The highest BCUT2D eigenvalue weighted by atomic mass is 35.5. The summed E-state index contributed by atoms with van der Waals surface area (Å²) in [6.45, 7) is 0. The van der Waals surface area contributed by atoms with Crippen LogP contribution in [0.5, 0.6) is 0 Å². The van der Waals surface area contributed by atoms with Crippen LogP contribution in [-0.2, 0) is 10.0 Å². The van der Waals surface area contributed by atoms with E-state index in [-0.39, 0.29) is 15.9 Å². The van der Waals surface area contributed by atoms with E-state index in [0.29, 0.717) is 0 Å². The maximum absolute atomic E-state index is 12.2. The summed E-state index contributed by atoms with van der Waals surface area (Å²) in [6.07, 6.45) is 1.12. The lowest BCUT2D eigenvalue weighted by Crippen LogP contribution is -2.15. The first-order valence-electron chi connectivity index (χ1n) is 5.38. The Morgan fingerprint density at radius 1 is 1.24 bits per heavy atom. The van der Waals surface area contributed by atoms with Crippen molar-refractivity contribution in [1.82, 2.24) is 4.98 Å². The molecular formula is C11H7Cl2N3O4S. The number of benzene rings is 1. The summed E-state index contributed by atoms with van der Waals surface area (Å²) in [4.78, 5) is 13.3. The summed E-state index contributed by atoms with van der Waals surface area (Å²) in [7, 11) is -4.18. The SMILES string of the molecule is O=[N+]([O-])c1ccccc1S(=O)(=O)Nc1cnc(Cl)cc1Cl. The fourth-order valence-corrected chi connectivity index (χ4v) is 3.22. The molecule has 0 amide bonds. The van der Waals surface area contributed by atoms with Crippen LogP contribution in [0.4, 0.5) is 11.4 Å². The van der Waals surface area contributed by atoms with Crippen molar-refractivity contribution in [3.8, 4) is 0 Å². The van der Waals surface area contributed by atoms with Crippen molar-refractivity contribution in [2.24, 2.45) is 0 Å². The predicted octanol–water partition coefficient (Wildman–Crippen LogP) is 3.10. The molecule has 0 unspecified atom stereocenters. The number of pyridine rings is 1. The Kier molecular flexibility index (Phi) is 4.31. The van der Waals surface area contributed by atoms with Gasteiger partial charge in [0.15, 0.2) is 4.90 Å². The van der Waals surface area contributed by atoms with Crippen molar-refractivity contribution in [1.29, 1.82) is 0 Å². The minimum absolute atomic E-state index is 0.0251. The van der Waals surface area contributed by atoms with Crippen LogP contribution in [0.1, 0.15) is 0 Å². The van der Waals surface area contributed by atoms with E-state index in [1.807, 2.05) is 0 Å². The molecule has 10 heteroatoms. The number of hydrogen-bond donors (Lipinski definition) is 1. The molecule has 0 aliphatic heterocycles. The van der Waals surface area contributed by atoms with Gasteiger partial charge in [-0.3, -0.25) is 14.8 Å². The molecule has 0 aliphatic carbocycles. The van der Waals surface area contributed by atoms with Gasteiger partial charge in [0.2, 0.25) is 0 Å². The van der Waals surface area contributed by atoms with Gasteiger partial charge in [-0.1, -0.05) is 35.3 Å². The standard InChI is InChI=1S/C11H7Cl2N3O4S/c12-7-5-11(13)14-6-8(7)15-21(19,20)10-4-2-1-3-9(10)16(17)18/h1-6,15H. The van der Waals surface area contributed by atoms with E-state index >= 15 is 0 Å². The minimum atomic E-state index is -4.18. The second-order valence-corrected chi connectivity index (χ2v) is 6.26. The van der Waals surface area contributed by atoms with Gasteiger partial charge in [0.1, 0.15) is 5.15 Å². The van der Waals surface area contributed by atoms with Crippen LogP contribution >= 0.6 is 23.2 Å². The number of nitro groups is 1. The summed E-state index contributed by atoms with van der Waals surface area (Å²) in [5.41, 5.74) is -0.567. The highest BCUT2D eigenvalue weighted by Crippen LogP contribution is 2.29. The summed E-state index contributed by atoms with van der Waals surface area (Å²) in [6, 6.07) is 6.21. The molecule has 1 aromatic carbocycles. The normalized spacial score (nSPS) is 11.1. The average molecular weight is 348 g/mol. The second-order valence-electron chi connectivity index (χ2n) is 3.82. The van der Waals surface area contributed by atoms with Crippen molar-refractivity contribution in [2.45, 2.75) is 4.90 Å². The molecule has 2 rings (SSSR count). The molecule has 110 valence electrons. The Labute approximate surface area is 129 Å². The van der Waals surface area contributed by atoms with Gasteiger partial charge in [-0.05, 0) is 12.1 Å². The Morgan fingerprint density at radius 3 is 2.52 bits per heavy atom. The molecule has 1 heterocycles. The summed E-state index contributed by atoms with van der Waals surface area (Å²) >= 11 is 11.4. The zero-order valence-corrected chi connectivity index (χ0v) is 12.5. The number of hydrogen-bond acceptors (Lipinski definition) is 5. The second kappa shape index (κ2) is 5.84. The lowest BCUT2D eigenvalue weighted by molar-refractivity contribution is -0.387. The first-order valence-corrected chi connectivity index (χ1v) is 7.62. The zero-order chi connectivity index (χ0) is 15.6. The molecule has 0 fully saturated rings. The third kappa shape index (κ3) is 3.41. The number of rotatable bonds is 4. The molecule has 0 aliphatic rings. The number of sulfonamides is 1. The number of nitrogens with zero attached hydrogens (tertiary/aromatic N) is 2. The molecule has 21 heavy (non-hydrogen) atoms. The maximum Gasteiger partial charge on any atom is 0.289 e. The van der Waals surface area contributed by atoms with Crippen molar-refractivity contribution in [3.05, 3.63) is 56.8 Å². The number of nitrogens with one attached hydrogen (secondary N) is 1. The van der Waals surface area contributed by atoms with E-state index in [1.165, 1.54) is 18.2 Å². The fourth-order valence-electron chi connectivity index (χ4n) is 1.52. The summed E-state index contributed by atoms with van der Waals surface area (Å²) in [5.74, 6) is 0. The van der Waals surface area contributed by atoms with Gasteiger partial charge in [-0.25, -0.2) is 13.4 Å². The summed E-state index contributed by atoms with van der Waals surface area (Å²) < 4.78 is 26.6. The van der Waals surface area contributed by atoms with Gasteiger partial charge >= 0.3 is 0 Å². The maximum atomic E-state index is 12.2. The van der Waals surface area contributed by atoms with Crippen molar-refractivity contribution in [3.63, 3.8) is 0 Å². The average Bonchev–Trinajstić information content (AvgIpc) is 2.42. The number of anilines is 1. The number of para-hydroxylation sites is 1. The van der Waals surface area contributed by atoms with Gasteiger partial charge in [0, 0.05) is 6.07 Å². The van der Waals surface area contributed by atoms with E-state index in [9.17, 15) is 18.5 Å². The molecular weight excluding hydrogens is 341 g/mol. The molecule has 0 radical (unpaired) electrons. The third-order valence-electron chi connectivity index (χ3n) is 2.42. The Bertz CT molecular complexity index is 811. The number of nitro benzene ring substituents is 1. The highest BCUT2D eigenvalue weighted by Gasteiger charge is 2.25. The van der Waals surface area contributed by atoms with Crippen LogP contribution in [0, 0.1) is 10.1 Å². The van der Waals surface area contributed by atoms with Gasteiger partial charge in [0.05, 0.1) is 21.8 Å². The molecule has 7 nitrogen and oxygen atoms in total. The van der Waals surface area contributed by atoms with Gasteiger partial charge in [-0.15, -0.1) is 0 Å². The van der Waals surface area contributed by atoms with Crippen LogP contribution in [0.15, 0.2) is 41.4 Å². The number of halogens is 2. The highest BCUT2D eigenvalue weighted by molar-refractivity contribution is 7.92. The van der Waals surface area contributed by atoms with E-state index < -0.39 is 25.5 Å². The molecule has 2 aromatic rings. The van der Waals surface area contributed by atoms with Gasteiger partial charge in [0.25, 0.3) is 15.7 Å². The van der Waals surface area contributed by atoms with Gasteiger partial charge < -0.3 is 0 Å². The number of aromatic nitrogens is 1. The molecule has 1 N–H and O–H groups in total. The van der Waals surface area contributed by atoms with Crippen LogP contribution in [0.2, 0.25) is 10.2 Å².